The molecule has 0 spiro atoms. The Labute approximate surface area is 248 Å². The van der Waals surface area contributed by atoms with E-state index in [0.29, 0.717) is 36.7 Å². The van der Waals surface area contributed by atoms with Crippen LogP contribution in [0.15, 0.2) is 67.1 Å². The lowest BCUT2D eigenvalue weighted by molar-refractivity contribution is 0.0196. The van der Waals surface area contributed by atoms with Crippen LogP contribution in [0, 0.1) is 0 Å². The fourth-order valence-corrected chi connectivity index (χ4v) is 5.34. The summed E-state index contributed by atoms with van der Waals surface area (Å²) in [7, 11) is 1.70. The van der Waals surface area contributed by atoms with E-state index in [2.05, 4.69) is 31.7 Å². The molecule has 5 aromatic rings. The molecule has 0 radical (unpaired) electrons. The van der Waals surface area contributed by atoms with Crippen molar-refractivity contribution in [3.8, 4) is 22.5 Å². The first kappa shape index (κ1) is 28.0. The van der Waals surface area contributed by atoms with E-state index in [9.17, 15) is 9.59 Å². The van der Waals surface area contributed by atoms with Gasteiger partial charge in [-0.25, -0.2) is 9.78 Å². The number of aryl methyl sites for hydroxylation is 1. The normalized spacial score (nSPS) is 15.4. The van der Waals surface area contributed by atoms with Gasteiger partial charge in [0.25, 0.3) is 5.91 Å². The lowest BCUT2D eigenvalue weighted by Crippen LogP contribution is -2.53. The minimum Gasteiger partial charge on any atom is -0.444 e. The van der Waals surface area contributed by atoms with Crippen molar-refractivity contribution in [2.75, 3.05) is 18.0 Å². The average molecular weight is 580 g/mol. The van der Waals surface area contributed by atoms with E-state index in [1.807, 2.05) is 57.3 Å². The third-order valence-corrected chi connectivity index (χ3v) is 7.33. The van der Waals surface area contributed by atoms with E-state index in [1.54, 1.807) is 41.4 Å². The predicted octanol–water partition coefficient (Wildman–Crippen LogP) is 4.86. The molecule has 2 amide bonds. The smallest absolute Gasteiger partial charge is 0.410 e. The molecule has 1 saturated heterocycles. The molecule has 0 unspecified atom stereocenters. The molecule has 220 valence electrons. The first-order valence-corrected chi connectivity index (χ1v) is 14.2. The Hall–Kier alpha value is -5.13. The minimum atomic E-state index is -0.622. The fourth-order valence-electron chi connectivity index (χ4n) is 5.34. The Morgan fingerprint density at radius 3 is 2.53 bits per heavy atom. The summed E-state index contributed by atoms with van der Waals surface area (Å²) in [6, 6.07) is 14.8. The SMILES string of the molecule is Cn1nnc(-c2ccc(C(=O)N(c3nccc4cc(-c5cn[nH]c5)ccc34)[C@@H]3CCCN(C(=O)OC(C)(C)C)C3)cc2)n1. The maximum absolute atomic E-state index is 14.4. The molecule has 1 aliphatic rings. The van der Waals surface area contributed by atoms with Crippen molar-refractivity contribution in [1.29, 1.82) is 0 Å². The van der Waals surface area contributed by atoms with Crippen molar-refractivity contribution in [3.63, 3.8) is 0 Å². The van der Waals surface area contributed by atoms with Gasteiger partial charge >= 0.3 is 6.09 Å². The summed E-state index contributed by atoms with van der Waals surface area (Å²) in [6.07, 6.45) is 6.37. The van der Waals surface area contributed by atoms with Crippen LogP contribution in [0.3, 0.4) is 0 Å². The van der Waals surface area contributed by atoms with Gasteiger partial charge in [-0.1, -0.05) is 24.3 Å². The summed E-state index contributed by atoms with van der Waals surface area (Å²) in [4.78, 5) is 37.0. The lowest BCUT2D eigenvalue weighted by Gasteiger charge is -2.39. The van der Waals surface area contributed by atoms with Crippen molar-refractivity contribution < 1.29 is 14.3 Å². The molecule has 0 bridgehead atoms. The maximum atomic E-state index is 14.4. The second kappa shape index (κ2) is 11.3. The molecule has 1 atom stereocenters. The van der Waals surface area contributed by atoms with Crippen molar-refractivity contribution in [2.24, 2.45) is 7.05 Å². The Bertz CT molecular complexity index is 1760. The zero-order chi connectivity index (χ0) is 30.1. The number of amides is 2. The molecule has 0 aliphatic carbocycles. The van der Waals surface area contributed by atoms with Gasteiger partial charge in [-0.05, 0) is 74.0 Å². The van der Waals surface area contributed by atoms with Crippen molar-refractivity contribution in [2.45, 2.75) is 45.3 Å². The Morgan fingerprint density at radius 1 is 1.05 bits per heavy atom. The largest absolute Gasteiger partial charge is 0.444 e. The van der Waals surface area contributed by atoms with Gasteiger partial charge in [0.1, 0.15) is 11.4 Å². The molecule has 1 aliphatic heterocycles. The second-order valence-corrected chi connectivity index (χ2v) is 11.6. The number of rotatable bonds is 5. The third kappa shape index (κ3) is 5.94. The Balaban J connectivity index is 1.39. The van der Waals surface area contributed by atoms with E-state index in [-0.39, 0.29) is 18.0 Å². The number of hydrogen-bond donors (Lipinski definition) is 1. The van der Waals surface area contributed by atoms with Crippen molar-refractivity contribution in [1.82, 2.24) is 40.3 Å². The summed E-state index contributed by atoms with van der Waals surface area (Å²) in [5.74, 6) is 0.799. The van der Waals surface area contributed by atoms with Gasteiger partial charge in [-0.2, -0.15) is 9.90 Å². The van der Waals surface area contributed by atoms with Gasteiger partial charge in [0.15, 0.2) is 0 Å². The number of tetrazole rings is 1. The van der Waals surface area contributed by atoms with E-state index < -0.39 is 5.60 Å². The number of nitrogens with one attached hydrogen (secondary N) is 1. The van der Waals surface area contributed by atoms with Crippen LogP contribution in [0.25, 0.3) is 33.3 Å². The third-order valence-electron chi connectivity index (χ3n) is 7.33. The fraction of sp³-hybridized carbons (Fsp3) is 0.323. The lowest BCUT2D eigenvalue weighted by atomic mass is 10.00. The molecule has 4 heterocycles. The monoisotopic (exact) mass is 579 g/mol. The average Bonchev–Trinajstić information content (AvgIpc) is 3.69. The number of aromatic amines is 1. The highest BCUT2D eigenvalue weighted by atomic mass is 16.6. The molecule has 0 saturated carbocycles. The van der Waals surface area contributed by atoms with Crippen molar-refractivity contribution >= 4 is 28.6 Å². The van der Waals surface area contributed by atoms with Gasteiger partial charge in [0, 0.05) is 47.6 Å². The topological polar surface area (TPSA) is 135 Å². The zero-order valence-corrected chi connectivity index (χ0v) is 24.6. The van der Waals surface area contributed by atoms with E-state index >= 15 is 0 Å². The van der Waals surface area contributed by atoms with Crippen LogP contribution in [-0.4, -0.2) is 77.0 Å². The molecular formula is C31H33N9O3. The summed E-state index contributed by atoms with van der Waals surface area (Å²) in [6.45, 7) is 6.43. The molecule has 43 heavy (non-hydrogen) atoms. The van der Waals surface area contributed by atoms with Crippen LogP contribution in [0.4, 0.5) is 10.6 Å². The van der Waals surface area contributed by atoms with Crippen LogP contribution in [-0.2, 0) is 11.8 Å². The first-order valence-electron chi connectivity index (χ1n) is 14.2. The highest BCUT2D eigenvalue weighted by molar-refractivity contribution is 6.10. The van der Waals surface area contributed by atoms with Gasteiger partial charge in [-0.3, -0.25) is 14.8 Å². The molecule has 2 aromatic carbocycles. The molecule has 12 heteroatoms. The van der Waals surface area contributed by atoms with Crippen LogP contribution >= 0.6 is 0 Å². The van der Waals surface area contributed by atoms with E-state index in [1.165, 1.54) is 4.80 Å². The maximum Gasteiger partial charge on any atom is 0.410 e. The minimum absolute atomic E-state index is 0.214. The van der Waals surface area contributed by atoms with E-state index in [0.717, 1.165) is 33.9 Å². The number of hydrogen-bond acceptors (Lipinski definition) is 8. The summed E-state index contributed by atoms with van der Waals surface area (Å²) in [5.41, 5.74) is 2.57. The molecule has 1 fully saturated rings. The molecule has 6 rings (SSSR count). The first-order chi connectivity index (χ1) is 20.7. The standard InChI is InChI=1S/C31H33N9O3/c1-31(2,3)43-30(42)39-15-5-6-25(19-39)40(29(41)21-9-7-20(8-10-21)27-35-37-38(4)36-27)28-26-12-11-22(24-17-33-34-18-24)16-23(26)13-14-32-28/h7-14,16-18,25H,5-6,15,19H2,1-4H3,(H,33,34)/t25-/m1/s1. The van der Waals surface area contributed by atoms with Gasteiger partial charge in [-0.15, -0.1) is 10.2 Å². The quantitative estimate of drug-likeness (QED) is 0.312. The molecular weight excluding hydrogens is 546 g/mol. The number of carbonyl (C=O) groups is 2. The highest BCUT2D eigenvalue weighted by Gasteiger charge is 2.35. The second-order valence-electron chi connectivity index (χ2n) is 11.6. The molecule has 12 nitrogen and oxygen atoms in total. The Morgan fingerprint density at radius 2 is 1.84 bits per heavy atom. The summed E-state index contributed by atoms with van der Waals surface area (Å²) >= 11 is 0. The van der Waals surface area contributed by atoms with Crippen LogP contribution < -0.4 is 4.90 Å². The number of aromatic nitrogens is 7. The number of nitrogens with zero attached hydrogens (tertiary/aromatic N) is 8. The van der Waals surface area contributed by atoms with Crippen molar-refractivity contribution in [3.05, 3.63) is 72.7 Å². The summed E-state index contributed by atoms with van der Waals surface area (Å²) < 4.78 is 5.67. The van der Waals surface area contributed by atoms with Crippen LogP contribution in [0.1, 0.15) is 44.0 Å². The molecule has 3 aromatic heterocycles. The highest BCUT2D eigenvalue weighted by Crippen LogP contribution is 2.33. The van der Waals surface area contributed by atoms with Gasteiger partial charge in [0.2, 0.25) is 5.82 Å². The molecule has 1 N–H and O–H groups in total. The number of piperidine rings is 1. The van der Waals surface area contributed by atoms with Gasteiger partial charge in [0.05, 0.1) is 19.3 Å². The number of likely N-dealkylation sites (tertiary alicyclic amines) is 1. The number of fused-ring (bicyclic) bond motifs is 1. The number of anilines is 1. The summed E-state index contributed by atoms with van der Waals surface area (Å²) in [5, 5.41) is 20.9. The van der Waals surface area contributed by atoms with Crippen LogP contribution in [0.2, 0.25) is 0 Å². The number of benzene rings is 2. The van der Waals surface area contributed by atoms with Gasteiger partial charge < -0.3 is 9.64 Å². The van der Waals surface area contributed by atoms with E-state index in [4.69, 9.17) is 9.72 Å². The number of pyridine rings is 1. The zero-order valence-electron chi connectivity index (χ0n) is 24.6. The van der Waals surface area contributed by atoms with Crippen LogP contribution in [0.5, 0.6) is 0 Å². The number of carbonyl (C=O) groups excluding carboxylic acids is 2. The number of H-pyrrole nitrogens is 1. The number of ether oxygens (including phenoxy) is 1. The predicted molar refractivity (Wildman–Crippen MR) is 161 cm³/mol. The Kier molecular flexibility index (Phi) is 7.34.